The number of amides is 1. The topological polar surface area (TPSA) is 48.5 Å². The monoisotopic (exact) mass is 294 g/mol. The van der Waals surface area contributed by atoms with Crippen LogP contribution >= 0.6 is 0 Å². The molecule has 2 heterocycles. The Balaban J connectivity index is 2.12. The van der Waals surface area contributed by atoms with Crippen LogP contribution in [0.15, 0.2) is 12.3 Å². The van der Waals surface area contributed by atoms with E-state index in [0.29, 0.717) is 37.1 Å². The van der Waals surface area contributed by atoms with Crippen molar-refractivity contribution in [1.82, 2.24) is 14.8 Å². The second-order valence-electron chi connectivity index (χ2n) is 5.50. The first-order chi connectivity index (χ1) is 10.0. The van der Waals surface area contributed by atoms with Gasteiger partial charge in [0, 0.05) is 38.8 Å². The predicted molar refractivity (Wildman–Crippen MR) is 81.0 cm³/mol. The maximum Gasteiger partial charge on any atom is 0.257 e. The number of halogens is 1. The van der Waals surface area contributed by atoms with E-state index in [0.717, 1.165) is 19.3 Å². The molecule has 0 aromatic carbocycles. The second-order valence-corrected chi connectivity index (χ2v) is 5.50. The van der Waals surface area contributed by atoms with Gasteiger partial charge in [0.1, 0.15) is 11.6 Å². The van der Waals surface area contributed by atoms with Crippen molar-refractivity contribution >= 4 is 11.7 Å². The maximum atomic E-state index is 13.4. The fourth-order valence-corrected chi connectivity index (χ4v) is 2.52. The number of rotatable bonds is 4. The highest BCUT2D eigenvalue weighted by molar-refractivity contribution is 5.98. The molecule has 0 saturated carbocycles. The van der Waals surface area contributed by atoms with E-state index in [1.54, 1.807) is 4.90 Å². The molecule has 1 N–H and O–H groups in total. The average molecular weight is 294 g/mol. The summed E-state index contributed by atoms with van der Waals surface area (Å²) >= 11 is 0. The molecule has 116 valence electrons. The smallest absolute Gasteiger partial charge is 0.257 e. The van der Waals surface area contributed by atoms with Gasteiger partial charge in [-0.2, -0.15) is 0 Å². The Morgan fingerprint density at radius 1 is 1.38 bits per heavy atom. The highest BCUT2D eigenvalue weighted by Crippen LogP contribution is 2.17. The summed E-state index contributed by atoms with van der Waals surface area (Å²) in [6.45, 7) is 9.89. The van der Waals surface area contributed by atoms with Gasteiger partial charge in [-0.25, -0.2) is 9.37 Å². The van der Waals surface area contributed by atoms with Gasteiger partial charge in [-0.1, -0.05) is 0 Å². The lowest BCUT2D eigenvalue weighted by atomic mass is 10.2. The second kappa shape index (κ2) is 6.85. The number of anilines is 1. The molecule has 1 amide bonds. The number of carbonyl (C=O) groups is 1. The van der Waals surface area contributed by atoms with Crippen molar-refractivity contribution in [3.05, 3.63) is 23.6 Å². The zero-order chi connectivity index (χ0) is 15.4. The third-order valence-corrected chi connectivity index (χ3v) is 3.76. The number of piperazine rings is 1. The van der Waals surface area contributed by atoms with Gasteiger partial charge >= 0.3 is 0 Å². The van der Waals surface area contributed by atoms with Crippen molar-refractivity contribution in [2.75, 3.05) is 38.0 Å². The fourth-order valence-electron chi connectivity index (χ4n) is 2.52. The van der Waals surface area contributed by atoms with Crippen molar-refractivity contribution in [2.45, 2.75) is 26.8 Å². The molecule has 1 saturated heterocycles. The summed E-state index contributed by atoms with van der Waals surface area (Å²) in [5, 5.41) is 3.01. The Labute approximate surface area is 125 Å². The van der Waals surface area contributed by atoms with Crippen LogP contribution in [0.3, 0.4) is 0 Å². The van der Waals surface area contributed by atoms with Gasteiger partial charge in [0.05, 0.1) is 11.8 Å². The van der Waals surface area contributed by atoms with E-state index in [1.807, 2.05) is 6.92 Å². The first-order valence-corrected chi connectivity index (χ1v) is 7.45. The minimum Gasteiger partial charge on any atom is -0.370 e. The molecule has 1 aromatic rings. The number of hydrogen-bond acceptors (Lipinski definition) is 4. The van der Waals surface area contributed by atoms with Crippen molar-refractivity contribution < 1.29 is 9.18 Å². The molecular formula is C15H23FN4O. The summed E-state index contributed by atoms with van der Waals surface area (Å²) in [5.74, 6) is -0.183. The molecule has 1 fully saturated rings. The summed E-state index contributed by atoms with van der Waals surface area (Å²) in [5.41, 5.74) is 0.315. The molecule has 21 heavy (non-hydrogen) atoms. The summed E-state index contributed by atoms with van der Waals surface area (Å²) in [6.07, 6.45) is 1.13. The zero-order valence-electron chi connectivity index (χ0n) is 12.9. The van der Waals surface area contributed by atoms with Crippen LogP contribution in [0.1, 0.15) is 31.1 Å². The highest BCUT2D eigenvalue weighted by Gasteiger charge is 2.25. The van der Waals surface area contributed by atoms with Gasteiger partial charge < -0.3 is 10.2 Å². The Kier molecular flexibility index (Phi) is 5.12. The number of hydrogen-bond donors (Lipinski definition) is 1. The first kappa shape index (κ1) is 15.7. The van der Waals surface area contributed by atoms with Crippen LogP contribution in [0.2, 0.25) is 0 Å². The first-order valence-electron chi connectivity index (χ1n) is 7.45. The van der Waals surface area contributed by atoms with Crippen LogP contribution in [0.4, 0.5) is 10.2 Å². The number of pyridine rings is 1. The summed E-state index contributed by atoms with van der Waals surface area (Å²) in [7, 11) is 0. The number of nitrogens with zero attached hydrogens (tertiary/aromatic N) is 3. The molecule has 1 aliphatic rings. The average Bonchev–Trinajstić information content (AvgIpc) is 2.48. The van der Waals surface area contributed by atoms with E-state index in [-0.39, 0.29) is 5.91 Å². The Morgan fingerprint density at radius 2 is 2.05 bits per heavy atom. The number of aromatic nitrogens is 1. The fraction of sp³-hybridized carbons (Fsp3) is 0.600. The highest BCUT2D eigenvalue weighted by atomic mass is 19.1. The van der Waals surface area contributed by atoms with Crippen LogP contribution in [0.5, 0.6) is 0 Å². The molecule has 0 aliphatic carbocycles. The molecule has 1 aromatic heterocycles. The van der Waals surface area contributed by atoms with E-state index >= 15 is 0 Å². The lowest BCUT2D eigenvalue weighted by Gasteiger charge is -2.37. The molecule has 6 heteroatoms. The van der Waals surface area contributed by atoms with E-state index in [9.17, 15) is 9.18 Å². The largest absolute Gasteiger partial charge is 0.370 e. The minimum absolute atomic E-state index is 0.152. The van der Waals surface area contributed by atoms with Gasteiger partial charge in [-0.3, -0.25) is 9.69 Å². The third-order valence-electron chi connectivity index (χ3n) is 3.76. The molecule has 2 rings (SSSR count). The molecule has 0 unspecified atom stereocenters. The maximum absolute atomic E-state index is 13.4. The van der Waals surface area contributed by atoms with Crippen molar-refractivity contribution in [3.63, 3.8) is 0 Å². The Hall–Kier alpha value is -1.69. The summed E-state index contributed by atoms with van der Waals surface area (Å²) in [6, 6.07) is 1.75. The molecule has 0 bridgehead atoms. The molecule has 0 atom stereocenters. The lowest BCUT2D eigenvalue weighted by Crippen LogP contribution is -2.50. The van der Waals surface area contributed by atoms with Crippen LogP contribution in [0, 0.1) is 5.82 Å². The number of nitrogens with one attached hydrogen (secondary N) is 1. The van der Waals surface area contributed by atoms with E-state index in [1.165, 1.54) is 6.07 Å². The van der Waals surface area contributed by atoms with Gasteiger partial charge in [-0.05, 0) is 26.8 Å². The molecular weight excluding hydrogens is 271 g/mol. The van der Waals surface area contributed by atoms with Crippen LogP contribution in [0.25, 0.3) is 0 Å². The van der Waals surface area contributed by atoms with Gasteiger partial charge in [0.2, 0.25) is 0 Å². The van der Waals surface area contributed by atoms with Crippen molar-refractivity contribution in [3.8, 4) is 0 Å². The molecule has 5 nitrogen and oxygen atoms in total. The Bertz CT molecular complexity index is 498. The van der Waals surface area contributed by atoms with Gasteiger partial charge in [-0.15, -0.1) is 0 Å². The zero-order valence-corrected chi connectivity index (χ0v) is 12.9. The van der Waals surface area contributed by atoms with E-state index in [4.69, 9.17) is 0 Å². The Morgan fingerprint density at radius 3 is 2.62 bits per heavy atom. The van der Waals surface area contributed by atoms with Crippen molar-refractivity contribution in [1.29, 1.82) is 0 Å². The third kappa shape index (κ3) is 3.69. The van der Waals surface area contributed by atoms with Crippen LogP contribution < -0.4 is 5.32 Å². The quantitative estimate of drug-likeness (QED) is 0.920. The van der Waals surface area contributed by atoms with E-state index in [2.05, 4.69) is 29.0 Å². The SMILES string of the molecule is CCNc1ncc(F)cc1C(=O)N1CCN(C(C)C)CC1. The van der Waals surface area contributed by atoms with Gasteiger partial charge in [0.15, 0.2) is 0 Å². The lowest BCUT2D eigenvalue weighted by molar-refractivity contribution is 0.0595. The molecule has 1 aliphatic heterocycles. The summed E-state index contributed by atoms with van der Waals surface area (Å²) in [4.78, 5) is 20.7. The molecule has 0 spiro atoms. The van der Waals surface area contributed by atoms with Crippen LogP contribution in [-0.4, -0.2) is 59.5 Å². The van der Waals surface area contributed by atoms with E-state index < -0.39 is 5.82 Å². The van der Waals surface area contributed by atoms with Gasteiger partial charge in [0.25, 0.3) is 5.91 Å². The van der Waals surface area contributed by atoms with Crippen molar-refractivity contribution in [2.24, 2.45) is 0 Å². The minimum atomic E-state index is -0.485. The standard InChI is InChI=1S/C15H23FN4O/c1-4-17-14-13(9-12(16)10-18-14)15(21)20-7-5-19(6-8-20)11(2)3/h9-11H,4-8H2,1-3H3,(H,17,18). The van der Waals surface area contributed by atoms with Crippen LogP contribution in [-0.2, 0) is 0 Å². The molecule has 0 radical (unpaired) electrons. The summed E-state index contributed by atoms with van der Waals surface area (Å²) < 4.78 is 13.4. The number of carbonyl (C=O) groups excluding carboxylic acids is 1. The predicted octanol–water partition coefficient (Wildman–Crippen LogP) is 1.82. The normalized spacial score (nSPS) is 16.3.